The Balaban J connectivity index is 1.76. The molecule has 0 aromatic heterocycles. The van der Waals surface area contributed by atoms with Crippen LogP contribution in [0, 0.1) is 0 Å². The van der Waals surface area contributed by atoms with Gasteiger partial charge in [-0.2, -0.15) is 0 Å². The Morgan fingerprint density at radius 2 is 1.92 bits per heavy atom. The maximum atomic E-state index is 12.3. The number of benzene rings is 1. The zero-order valence-electron chi connectivity index (χ0n) is 15.0. The molecule has 0 saturated carbocycles. The van der Waals surface area contributed by atoms with Crippen molar-refractivity contribution < 1.29 is 23.9 Å². The number of amides is 3. The average molecular weight is 360 g/mol. The Morgan fingerprint density at radius 1 is 1.15 bits per heavy atom. The molecule has 1 aromatic rings. The molecule has 1 heterocycles. The number of nitrogens with one attached hydrogen (secondary N) is 1. The van der Waals surface area contributed by atoms with Gasteiger partial charge in [0.2, 0.25) is 5.91 Å². The molecule has 0 saturated heterocycles. The Morgan fingerprint density at radius 3 is 2.69 bits per heavy atom. The molecule has 1 aliphatic rings. The number of rotatable bonds is 9. The minimum absolute atomic E-state index is 0.0629. The summed E-state index contributed by atoms with van der Waals surface area (Å²) in [4.78, 5) is 48.8. The van der Waals surface area contributed by atoms with E-state index in [0.29, 0.717) is 17.7 Å². The van der Waals surface area contributed by atoms with Crippen LogP contribution in [-0.2, 0) is 25.5 Å². The first-order chi connectivity index (χ1) is 12.5. The number of nitrogens with zero attached hydrogens (tertiary/aromatic N) is 1. The summed E-state index contributed by atoms with van der Waals surface area (Å²) < 4.78 is 4.87. The van der Waals surface area contributed by atoms with Crippen LogP contribution < -0.4 is 5.32 Å². The second-order valence-electron chi connectivity index (χ2n) is 6.19. The summed E-state index contributed by atoms with van der Waals surface area (Å²) >= 11 is 0. The third-order valence-electron chi connectivity index (χ3n) is 4.14. The van der Waals surface area contributed by atoms with E-state index in [1.807, 2.05) is 0 Å². The number of unbranched alkanes of at least 4 members (excludes halogenated alkanes) is 3. The summed E-state index contributed by atoms with van der Waals surface area (Å²) in [5.74, 6) is -2.15. The SMILES string of the molecule is CCCCCCNC(=O)COC(=O)CN1C(=O)Cc2ccccc2C1=O. The van der Waals surface area contributed by atoms with E-state index < -0.39 is 36.8 Å². The van der Waals surface area contributed by atoms with Crippen molar-refractivity contribution in [1.82, 2.24) is 10.2 Å². The highest BCUT2D eigenvalue weighted by molar-refractivity contribution is 6.11. The van der Waals surface area contributed by atoms with Gasteiger partial charge in [0, 0.05) is 12.1 Å². The van der Waals surface area contributed by atoms with Gasteiger partial charge in [0.15, 0.2) is 6.61 Å². The van der Waals surface area contributed by atoms with E-state index in [9.17, 15) is 19.2 Å². The number of ether oxygens (including phenoxy) is 1. The van der Waals surface area contributed by atoms with Crippen LogP contribution in [-0.4, -0.2) is 48.3 Å². The van der Waals surface area contributed by atoms with E-state index >= 15 is 0 Å². The van der Waals surface area contributed by atoms with E-state index in [0.717, 1.165) is 30.6 Å². The fraction of sp³-hybridized carbons (Fsp3) is 0.474. The molecule has 1 aromatic carbocycles. The van der Waals surface area contributed by atoms with Crippen molar-refractivity contribution in [2.24, 2.45) is 0 Å². The van der Waals surface area contributed by atoms with Crippen LogP contribution in [0.3, 0.4) is 0 Å². The van der Waals surface area contributed by atoms with Crippen molar-refractivity contribution in [2.75, 3.05) is 19.7 Å². The number of carbonyl (C=O) groups is 4. The summed E-state index contributed by atoms with van der Waals surface area (Å²) in [6.07, 6.45) is 4.21. The standard InChI is InChI=1S/C19H24N2O5/c1-2-3-4-7-10-20-16(22)13-26-18(24)12-21-17(23)11-14-8-5-6-9-15(14)19(21)25/h5-6,8-9H,2-4,7,10-13H2,1H3,(H,20,22). The van der Waals surface area contributed by atoms with Crippen molar-refractivity contribution in [3.05, 3.63) is 35.4 Å². The molecule has 140 valence electrons. The van der Waals surface area contributed by atoms with Crippen LogP contribution in [0.15, 0.2) is 24.3 Å². The van der Waals surface area contributed by atoms with E-state index in [2.05, 4.69) is 12.2 Å². The second kappa shape index (κ2) is 9.70. The zero-order chi connectivity index (χ0) is 18.9. The first kappa shape index (κ1) is 19.6. The molecule has 0 aliphatic carbocycles. The Hall–Kier alpha value is -2.70. The predicted octanol–water partition coefficient (Wildman–Crippen LogP) is 1.45. The molecule has 7 nitrogen and oxygen atoms in total. The Labute approximate surface area is 152 Å². The smallest absolute Gasteiger partial charge is 0.326 e. The predicted molar refractivity (Wildman–Crippen MR) is 94.3 cm³/mol. The van der Waals surface area contributed by atoms with Crippen LogP contribution in [0.25, 0.3) is 0 Å². The lowest BCUT2D eigenvalue weighted by molar-refractivity contribution is -0.151. The molecule has 2 rings (SSSR count). The topological polar surface area (TPSA) is 92.8 Å². The van der Waals surface area contributed by atoms with Gasteiger partial charge in [-0.1, -0.05) is 44.4 Å². The third kappa shape index (κ3) is 5.40. The molecular weight excluding hydrogens is 336 g/mol. The zero-order valence-corrected chi connectivity index (χ0v) is 15.0. The van der Waals surface area contributed by atoms with E-state index in [4.69, 9.17) is 4.74 Å². The van der Waals surface area contributed by atoms with Crippen molar-refractivity contribution >= 4 is 23.7 Å². The van der Waals surface area contributed by atoms with Crippen LogP contribution in [0.1, 0.15) is 48.5 Å². The number of fused-ring (bicyclic) bond motifs is 1. The number of hydrogen-bond acceptors (Lipinski definition) is 5. The average Bonchev–Trinajstić information content (AvgIpc) is 2.63. The summed E-state index contributed by atoms with van der Waals surface area (Å²) in [7, 11) is 0. The highest BCUT2D eigenvalue weighted by atomic mass is 16.5. The number of carbonyl (C=O) groups excluding carboxylic acids is 4. The molecule has 0 unspecified atom stereocenters. The molecule has 0 atom stereocenters. The Kier molecular flexibility index (Phi) is 7.32. The molecule has 0 fully saturated rings. The number of hydrogen-bond donors (Lipinski definition) is 1. The van der Waals surface area contributed by atoms with Gasteiger partial charge >= 0.3 is 5.97 Å². The molecule has 1 aliphatic heterocycles. The van der Waals surface area contributed by atoms with Crippen LogP contribution >= 0.6 is 0 Å². The summed E-state index contributed by atoms with van der Waals surface area (Å²) in [6.45, 7) is 1.74. The lowest BCUT2D eigenvalue weighted by atomic mass is 9.98. The maximum Gasteiger partial charge on any atom is 0.326 e. The van der Waals surface area contributed by atoms with Crippen LogP contribution in [0.2, 0.25) is 0 Å². The monoisotopic (exact) mass is 360 g/mol. The summed E-state index contributed by atoms with van der Waals surface area (Å²) in [6, 6.07) is 6.79. The molecule has 7 heteroatoms. The third-order valence-corrected chi connectivity index (χ3v) is 4.14. The number of esters is 1. The van der Waals surface area contributed by atoms with Gasteiger partial charge < -0.3 is 10.1 Å². The van der Waals surface area contributed by atoms with Crippen LogP contribution in [0.4, 0.5) is 0 Å². The van der Waals surface area contributed by atoms with Gasteiger partial charge in [-0.15, -0.1) is 0 Å². The van der Waals surface area contributed by atoms with Gasteiger partial charge in [0.05, 0.1) is 6.42 Å². The minimum atomic E-state index is -0.785. The molecule has 0 bridgehead atoms. The summed E-state index contributed by atoms with van der Waals surface area (Å²) in [5, 5.41) is 2.67. The first-order valence-electron chi connectivity index (χ1n) is 8.87. The van der Waals surface area contributed by atoms with Gasteiger partial charge in [-0.25, -0.2) is 0 Å². The van der Waals surface area contributed by atoms with Crippen molar-refractivity contribution in [3.63, 3.8) is 0 Å². The minimum Gasteiger partial charge on any atom is -0.454 e. The van der Waals surface area contributed by atoms with Crippen molar-refractivity contribution in [1.29, 1.82) is 0 Å². The maximum absolute atomic E-state index is 12.3. The van der Waals surface area contributed by atoms with Gasteiger partial charge in [0.25, 0.3) is 11.8 Å². The van der Waals surface area contributed by atoms with E-state index in [1.165, 1.54) is 0 Å². The summed E-state index contributed by atoms with van der Waals surface area (Å²) in [5.41, 5.74) is 1.05. The molecule has 3 amide bonds. The molecule has 0 radical (unpaired) electrons. The molecule has 1 N–H and O–H groups in total. The van der Waals surface area contributed by atoms with E-state index in [1.54, 1.807) is 24.3 Å². The van der Waals surface area contributed by atoms with E-state index in [-0.39, 0.29) is 6.42 Å². The Bertz CT molecular complexity index is 686. The number of imide groups is 1. The van der Waals surface area contributed by atoms with Crippen LogP contribution in [0.5, 0.6) is 0 Å². The fourth-order valence-corrected chi connectivity index (χ4v) is 2.71. The van der Waals surface area contributed by atoms with Gasteiger partial charge in [0.1, 0.15) is 6.54 Å². The first-order valence-corrected chi connectivity index (χ1v) is 8.87. The highest BCUT2D eigenvalue weighted by Crippen LogP contribution is 2.19. The van der Waals surface area contributed by atoms with Crippen molar-refractivity contribution in [2.45, 2.75) is 39.0 Å². The molecule has 0 spiro atoms. The molecular formula is C19H24N2O5. The quantitative estimate of drug-likeness (QED) is 0.409. The highest BCUT2D eigenvalue weighted by Gasteiger charge is 2.32. The van der Waals surface area contributed by atoms with Crippen molar-refractivity contribution in [3.8, 4) is 0 Å². The largest absolute Gasteiger partial charge is 0.454 e. The second-order valence-corrected chi connectivity index (χ2v) is 6.19. The van der Waals surface area contributed by atoms with Gasteiger partial charge in [-0.05, 0) is 18.1 Å². The lowest BCUT2D eigenvalue weighted by Crippen LogP contribution is -2.45. The van der Waals surface area contributed by atoms with Gasteiger partial charge in [-0.3, -0.25) is 24.1 Å². The fourth-order valence-electron chi connectivity index (χ4n) is 2.71. The normalized spacial score (nSPS) is 13.3. The molecule has 26 heavy (non-hydrogen) atoms. The lowest BCUT2D eigenvalue weighted by Gasteiger charge is -2.25.